The number of amides is 1. The third-order valence-corrected chi connectivity index (χ3v) is 6.29. The second kappa shape index (κ2) is 9.10. The zero-order valence-electron chi connectivity index (χ0n) is 14.9. The lowest BCUT2D eigenvalue weighted by Crippen LogP contribution is -2.31. The van der Waals surface area contributed by atoms with Crippen molar-refractivity contribution in [2.24, 2.45) is 5.92 Å². The van der Waals surface area contributed by atoms with Crippen molar-refractivity contribution in [3.63, 3.8) is 0 Å². The summed E-state index contributed by atoms with van der Waals surface area (Å²) in [6.45, 7) is 4.03. The van der Waals surface area contributed by atoms with Crippen molar-refractivity contribution in [1.82, 2.24) is 4.90 Å². The van der Waals surface area contributed by atoms with Crippen LogP contribution >= 0.6 is 11.8 Å². The second-order valence-electron chi connectivity index (χ2n) is 6.93. The minimum Gasteiger partial charge on any atom is -0.343 e. The molecule has 25 heavy (non-hydrogen) atoms. The van der Waals surface area contributed by atoms with Gasteiger partial charge in [-0.25, -0.2) is 0 Å². The molecule has 3 heteroatoms. The highest BCUT2D eigenvalue weighted by molar-refractivity contribution is 7.99. The SMILES string of the molecule is CC1CCC(=O)N(CCC(Sc2ccccc2)c2ccccc2)CC1. The molecule has 1 heterocycles. The first-order valence-corrected chi connectivity index (χ1v) is 10.1. The van der Waals surface area contributed by atoms with Crippen LogP contribution < -0.4 is 0 Å². The number of carbonyl (C=O) groups is 1. The molecule has 0 aliphatic carbocycles. The van der Waals surface area contributed by atoms with E-state index in [2.05, 4.69) is 72.5 Å². The van der Waals surface area contributed by atoms with Gasteiger partial charge in [-0.15, -0.1) is 11.8 Å². The number of nitrogens with zero attached hydrogens (tertiary/aromatic N) is 1. The Balaban J connectivity index is 1.68. The zero-order chi connectivity index (χ0) is 17.5. The number of hydrogen-bond acceptors (Lipinski definition) is 2. The summed E-state index contributed by atoms with van der Waals surface area (Å²) >= 11 is 1.90. The average molecular weight is 354 g/mol. The Morgan fingerprint density at radius 2 is 1.72 bits per heavy atom. The van der Waals surface area contributed by atoms with E-state index in [0.29, 0.717) is 23.5 Å². The van der Waals surface area contributed by atoms with Gasteiger partial charge in [0.05, 0.1) is 0 Å². The summed E-state index contributed by atoms with van der Waals surface area (Å²) in [5.41, 5.74) is 1.34. The van der Waals surface area contributed by atoms with E-state index in [1.54, 1.807) is 0 Å². The van der Waals surface area contributed by atoms with Crippen LogP contribution in [0.5, 0.6) is 0 Å². The monoisotopic (exact) mass is 353 g/mol. The molecule has 2 nitrogen and oxygen atoms in total. The summed E-state index contributed by atoms with van der Waals surface area (Å²) in [7, 11) is 0. The Hall–Kier alpha value is -1.74. The normalized spacial score (nSPS) is 19.5. The quantitative estimate of drug-likeness (QED) is 0.634. The van der Waals surface area contributed by atoms with Crippen LogP contribution in [0.2, 0.25) is 0 Å². The summed E-state index contributed by atoms with van der Waals surface area (Å²) in [4.78, 5) is 15.8. The van der Waals surface area contributed by atoms with Gasteiger partial charge < -0.3 is 4.90 Å². The van der Waals surface area contributed by atoms with Gasteiger partial charge in [0, 0.05) is 29.7 Å². The number of rotatable bonds is 6. The van der Waals surface area contributed by atoms with E-state index in [-0.39, 0.29) is 0 Å². The molecule has 1 aliphatic rings. The predicted octanol–water partition coefficient (Wildman–Crippen LogP) is 5.56. The first-order chi connectivity index (χ1) is 12.2. The molecular weight excluding hydrogens is 326 g/mol. The maximum atomic E-state index is 12.4. The van der Waals surface area contributed by atoms with Crippen molar-refractivity contribution in [3.8, 4) is 0 Å². The minimum atomic E-state index is 0.334. The van der Waals surface area contributed by atoms with Gasteiger partial charge in [0.2, 0.25) is 5.91 Å². The van der Waals surface area contributed by atoms with E-state index < -0.39 is 0 Å². The van der Waals surface area contributed by atoms with Gasteiger partial charge in [0.15, 0.2) is 0 Å². The van der Waals surface area contributed by atoms with Crippen LogP contribution in [-0.4, -0.2) is 23.9 Å². The van der Waals surface area contributed by atoms with E-state index in [1.807, 2.05) is 11.8 Å². The molecule has 1 amide bonds. The number of benzene rings is 2. The molecule has 2 aromatic rings. The zero-order valence-corrected chi connectivity index (χ0v) is 15.8. The number of hydrogen-bond donors (Lipinski definition) is 0. The maximum Gasteiger partial charge on any atom is 0.222 e. The lowest BCUT2D eigenvalue weighted by molar-refractivity contribution is -0.130. The van der Waals surface area contributed by atoms with Gasteiger partial charge in [0.25, 0.3) is 0 Å². The predicted molar refractivity (Wildman–Crippen MR) is 106 cm³/mol. The van der Waals surface area contributed by atoms with Gasteiger partial charge in [0.1, 0.15) is 0 Å². The Morgan fingerprint density at radius 1 is 1.04 bits per heavy atom. The van der Waals surface area contributed by atoms with Crippen LogP contribution in [0.4, 0.5) is 0 Å². The molecule has 1 saturated heterocycles. The van der Waals surface area contributed by atoms with Crippen molar-refractivity contribution in [1.29, 1.82) is 0 Å². The van der Waals surface area contributed by atoms with Gasteiger partial charge in [-0.2, -0.15) is 0 Å². The third-order valence-electron chi connectivity index (χ3n) is 4.95. The molecule has 3 rings (SSSR count). The molecule has 1 fully saturated rings. The van der Waals surface area contributed by atoms with Crippen molar-refractivity contribution < 1.29 is 4.79 Å². The van der Waals surface area contributed by atoms with Crippen LogP contribution in [0, 0.1) is 5.92 Å². The first-order valence-electron chi connectivity index (χ1n) is 9.27. The Labute approximate surface area is 155 Å². The summed E-state index contributed by atoms with van der Waals surface area (Å²) in [6.07, 6.45) is 3.87. The Morgan fingerprint density at radius 3 is 2.44 bits per heavy atom. The molecule has 2 unspecified atom stereocenters. The molecule has 2 atom stereocenters. The van der Waals surface area contributed by atoms with Crippen LogP contribution in [0.3, 0.4) is 0 Å². The second-order valence-corrected chi connectivity index (χ2v) is 8.21. The van der Waals surface area contributed by atoms with Gasteiger partial charge in [-0.3, -0.25) is 4.79 Å². The lowest BCUT2D eigenvalue weighted by Gasteiger charge is -2.24. The number of likely N-dealkylation sites (tertiary alicyclic amines) is 1. The van der Waals surface area contributed by atoms with Gasteiger partial charge in [-0.1, -0.05) is 55.5 Å². The fourth-order valence-electron chi connectivity index (χ4n) is 3.31. The number of thioether (sulfide) groups is 1. The highest BCUT2D eigenvalue weighted by Gasteiger charge is 2.22. The average Bonchev–Trinajstić information content (AvgIpc) is 2.82. The highest BCUT2D eigenvalue weighted by atomic mass is 32.2. The fourth-order valence-corrected chi connectivity index (χ4v) is 4.47. The van der Waals surface area contributed by atoms with E-state index >= 15 is 0 Å². The number of carbonyl (C=O) groups excluding carboxylic acids is 1. The maximum absolute atomic E-state index is 12.4. The van der Waals surface area contributed by atoms with E-state index in [0.717, 1.165) is 32.4 Å². The van der Waals surface area contributed by atoms with E-state index in [9.17, 15) is 4.79 Å². The van der Waals surface area contributed by atoms with E-state index in [4.69, 9.17) is 0 Å². The molecule has 0 aromatic heterocycles. The molecule has 0 saturated carbocycles. The molecule has 0 radical (unpaired) electrons. The summed E-state index contributed by atoms with van der Waals surface area (Å²) in [5, 5.41) is 0.372. The third kappa shape index (κ3) is 5.37. The van der Waals surface area contributed by atoms with Crippen molar-refractivity contribution in [3.05, 3.63) is 66.2 Å². The fraction of sp³-hybridized carbons (Fsp3) is 0.409. The molecule has 0 N–H and O–H groups in total. The highest BCUT2D eigenvalue weighted by Crippen LogP contribution is 2.38. The molecule has 1 aliphatic heterocycles. The molecule has 0 bridgehead atoms. The van der Waals surface area contributed by atoms with E-state index in [1.165, 1.54) is 10.5 Å². The van der Waals surface area contributed by atoms with Crippen LogP contribution in [-0.2, 0) is 4.79 Å². The first kappa shape index (κ1) is 18.1. The topological polar surface area (TPSA) is 20.3 Å². The summed E-state index contributed by atoms with van der Waals surface area (Å²) in [5.74, 6) is 0.999. The molecule has 0 spiro atoms. The van der Waals surface area contributed by atoms with Crippen LogP contribution in [0.1, 0.15) is 43.4 Å². The largest absolute Gasteiger partial charge is 0.343 e. The molecule has 2 aromatic carbocycles. The minimum absolute atomic E-state index is 0.334. The Bertz CT molecular complexity index is 658. The van der Waals surface area contributed by atoms with Crippen molar-refractivity contribution in [2.45, 2.75) is 42.8 Å². The smallest absolute Gasteiger partial charge is 0.222 e. The lowest BCUT2D eigenvalue weighted by atomic mass is 10.0. The molecule has 132 valence electrons. The van der Waals surface area contributed by atoms with Gasteiger partial charge in [-0.05, 0) is 42.9 Å². The molecular formula is C22H27NOS. The summed E-state index contributed by atoms with van der Waals surface area (Å²) < 4.78 is 0. The van der Waals surface area contributed by atoms with Crippen LogP contribution in [0.15, 0.2) is 65.6 Å². The van der Waals surface area contributed by atoms with Gasteiger partial charge >= 0.3 is 0 Å². The van der Waals surface area contributed by atoms with Crippen molar-refractivity contribution in [2.75, 3.05) is 13.1 Å². The van der Waals surface area contributed by atoms with Crippen molar-refractivity contribution >= 4 is 17.7 Å². The standard InChI is InChI=1S/C22H27NOS/c1-18-12-13-22(24)23(16-14-18)17-15-21(19-8-4-2-5-9-19)25-20-10-6-3-7-11-20/h2-11,18,21H,12-17H2,1H3. The van der Waals surface area contributed by atoms with Crippen LogP contribution in [0.25, 0.3) is 0 Å². The summed E-state index contributed by atoms with van der Waals surface area (Å²) in [6, 6.07) is 21.2. The Kier molecular flexibility index (Phi) is 6.57.